The molecule has 0 unspecified atom stereocenters. The van der Waals surface area contributed by atoms with E-state index in [9.17, 15) is 19.2 Å². The van der Waals surface area contributed by atoms with Gasteiger partial charge < -0.3 is 24.6 Å². The summed E-state index contributed by atoms with van der Waals surface area (Å²) in [5.41, 5.74) is 2.13. The molecule has 6 atom stereocenters. The molecule has 1 saturated heterocycles. The van der Waals surface area contributed by atoms with Gasteiger partial charge in [-0.3, -0.25) is 24.1 Å². The van der Waals surface area contributed by atoms with Gasteiger partial charge >= 0.3 is 5.97 Å². The fraction of sp³-hybridized carbons (Fsp3) is 0.676. The summed E-state index contributed by atoms with van der Waals surface area (Å²) in [6.45, 7) is 16.0. The summed E-state index contributed by atoms with van der Waals surface area (Å²) in [6.07, 6.45) is 3.39. The number of likely N-dealkylation sites (N-methyl/N-ethyl adjacent to an activating group) is 2. The quantitative estimate of drug-likeness (QED) is 0.236. The molecule has 1 aromatic rings. The number of esters is 1. The van der Waals surface area contributed by atoms with E-state index in [1.54, 1.807) is 37.8 Å². The molecule has 0 saturated carbocycles. The summed E-state index contributed by atoms with van der Waals surface area (Å²) in [5, 5.41) is 3.10. The van der Waals surface area contributed by atoms with E-state index in [4.69, 9.17) is 9.47 Å². The number of hydrogen-bond donors (Lipinski definition) is 1. The number of carbonyl (C=O) groups is 4. The first-order chi connectivity index (χ1) is 21.9. The normalized spacial score (nSPS) is 18.8. The third kappa shape index (κ3) is 10.1. The summed E-state index contributed by atoms with van der Waals surface area (Å²) >= 11 is 0. The van der Waals surface area contributed by atoms with Crippen molar-refractivity contribution in [2.75, 3.05) is 41.9 Å². The largest absolute Gasteiger partial charge is 0.469 e. The maximum atomic E-state index is 14.2. The molecule has 1 aliphatic rings. The number of likely N-dealkylation sites (tertiary alicyclic amines) is 1. The zero-order valence-corrected chi connectivity index (χ0v) is 31.0. The molecular formula is C37H60N4O6. The molecular weight excluding hydrogens is 596 g/mol. The van der Waals surface area contributed by atoms with Crippen molar-refractivity contribution in [1.29, 1.82) is 0 Å². The van der Waals surface area contributed by atoms with Crippen LogP contribution < -0.4 is 5.32 Å². The van der Waals surface area contributed by atoms with Gasteiger partial charge in [0.25, 0.3) is 0 Å². The molecule has 264 valence electrons. The van der Waals surface area contributed by atoms with Crippen molar-refractivity contribution in [3.05, 3.63) is 47.0 Å². The van der Waals surface area contributed by atoms with Crippen LogP contribution >= 0.6 is 0 Å². The average molecular weight is 657 g/mol. The van der Waals surface area contributed by atoms with E-state index < -0.39 is 35.6 Å². The average Bonchev–Trinajstić information content (AvgIpc) is 3.49. The summed E-state index contributed by atoms with van der Waals surface area (Å²) in [4.78, 5) is 59.5. The summed E-state index contributed by atoms with van der Waals surface area (Å²) < 4.78 is 10.7. The van der Waals surface area contributed by atoms with Crippen LogP contribution in [0.4, 0.5) is 0 Å². The van der Waals surface area contributed by atoms with Gasteiger partial charge in [-0.1, -0.05) is 65.0 Å². The molecule has 1 heterocycles. The zero-order chi connectivity index (χ0) is 35.8. The molecule has 10 heteroatoms. The molecule has 1 N–H and O–H groups in total. The molecule has 0 aliphatic carbocycles. The molecule has 1 fully saturated rings. The van der Waals surface area contributed by atoms with Crippen molar-refractivity contribution in [1.82, 2.24) is 20.0 Å². The van der Waals surface area contributed by atoms with Crippen LogP contribution in [0.3, 0.4) is 0 Å². The van der Waals surface area contributed by atoms with Crippen molar-refractivity contribution in [3.8, 4) is 0 Å². The van der Waals surface area contributed by atoms with Gasteiger partial charge in [-0.2, -0.15) is 0 Å². The van der Waals surface area contributed by atoms with E-state index >= 15 is 0 Å². The summed E-state index contributed by atoms with van der Waals surface area (Å²) in [7, 11) is 8.38. The molecule has 0 bridgehead atoms. The standard InChI is InChI=1S/C37H60N4O6/c1-23(2)29(21-25(4)34(43)41-20-16-19-28(41)31(46-12)26(5)36(45)47-13)40(11)35(44)32(37(6,7)8)38-33(42)30(39(9)10)22-27-18-15-14-17-24(27)3/h14-15,17-18,21,23,26,28-32H,16,19-20,22H2,1-13H3,(H,38,42)/b25-21+/t26-,28+,29-,30+,31-,32-/m1/s1. The van der Waals surface area contributed by atoms with Crippen LogP contribution in [0.5, 0.6) is 0 Å². The van der Waals surface area contributed by atoms with Crippen LogP contribution in [0.25, 0.3) is 0 Å². The predicted molar refractivity (Wildman–Crippen MR) is 186 cm³/mol. The van der Waals surface area contributed by atoms with E-state index in [1.807, 2.05) is 90.9 Å². The summed E-state index contributed by atoms with van der Waals surface area (Å²) in [5.74, 6) is -1.51. The minimum absolute atomic E-state index is 0.0148. The van der Waals surface area contributed by atoms with Gasteiger partial charge in [-0.05, 0) is 76.6 Å². The van der Waals surface area contributed by atoms with Gasteiger partial charge in [-0.25, -0.2) is 0 Å². The number of methoxy groups -OCH3 is 2. The molecule has 1 aromatic carbocycles. The highest BCUT2D eigenvalue weighted by molar-refractivity contribution is 5.94. The predicted octanol–water partition coefficient (Wildman–Crippen LogP) is 4.24. The number of nitrogens with one attached hydrogen (secondary N) is 1. The highest BCUT2D eigenvalue weighted by Crippen LogP contribution is 2.29. The SMILES string of the molecule is COC(=O)[C@H](C)[C@@H](OC)[C@@H]1CCCN1C(=O)/C(C)=C/[C@H](C(C)C)N(C)C(=O)[C@@H](NC(=O)[C@H](Cc1ccccc1C)N(C)C)C(C)(C)C. The number of rotatable bonds is 14. The first kappa shape index (κ1) is 39.9. The van der Waals surface area contributed by atoms with Crippen LogP contribution in [-0.2, 0) is 35.1 Å². The first-order valence-electron chi connectivity index (χ1n) is 16.7. The minimum Gasteiger partial charge on any atom is -0.469 e. The fourth-order valence-corrected chi connectivity index (χ4v) is 6.50. The van der Waals surface area contributed by atoms with Crippen LogP contribution in [0.15, 0.2) is 35.9 Å². The topological polar surface area (TPSA) is 108 Å². The molecule has 47 heavy (non-hydrogen) atoms. The van der Waals surface area contributed by atoms with Crippen molar-refractivity contribution in [2.24, 2.45) is 17.3 Å². The van der Waals surface area contributed by atoms with Gasteiger partial charge in [-0.15, -0.1) is 0 Å². The lowest BCUT2D eigenvalue weighted by Gasteiger charge is -2.38. The van der Waals surface area contributed by atoms with E-state index in [0.717, 1.165) is 24.0 Å². The lowest BCUT2D eigenvalue weighted by molar-refractivity contribution is -0.153. The maximum Gasteiger partial charge on any atom is 0.311 e. The molecule has 0 aromatic heterocycles. The Morgan fingerprint density at radius 1 is 1.06 bits per heavy atom. The third-order valence-electron chi connectivity index (χ3n) is 9.51. The second-order valence-corrected chi connectivity index (χ2v) is 14.7. The number of amides is 3. The smallest absolute Gasteiger partial charge is 0.311 e. The number of aryl methyl sites for hydroxylation is 1. The number of nitrogens with zero attached hydrogens (tertiary/aromatic N) is 3. The van der Waals surface area contributed by atoms with Crippen LogP contribution in [0, 0.1) is 24.2 Å². The van der Waals surface area contributed by atoms with Crippen molar-refractivity contribution in [3.63, 3.8) is 0 Å². The Bertz CT molecular complexity index is 1270. The van der Waals surface area contributed by atoms with Gasteiger partial charge in [0, 0.05) is 26.3 Å². The molecule has 2 rings (SSSR count). The van der Waals surface area contributed by atoms with Crippen molar-refractivity contribution < 1.29 is 28.7 Å². The Morgan fingerprint density at radius 2 is 1.68 bits per heavy atom. The number of carbonyl (C=O) groups excluding carboxylic acids is 4. The second kappa shape index (κ2) is 17.2. The molecule has 3 amide bonds. The Balaban J connectivity index is 2.33. The van der Waals surface area contributed by atoms with Crippen molar-refractivity contribution in [2.45, 2.75) is 105 Å². The lowest BCUT2D eigenvalue weighted by atomic mass is 9.84. The van der Waals surface area contributed by atoms with E-state index in [2.05, 4.69) is 5.32 Å². The van der Waals surface area contributed by atoms with Crippen LogP contribution in [0.2, 0.25) is 0 Å². The Morgan fingerprint density at radius 3 is 2.19 bits per heavy atom. The number of hydrogen-bond acceptors (Lipinski definition) is 7. The van der Waals surface area contributed by atoms with Gasteiger partial charge in [0.1, 0.15) is 6.04 Å². The van der Waals surface area contributed by atoms with E-state index in [1.165, 1.54) is 7.11 Å². The van der Waals surface area contributed by atoms with E-state index in [0.29, 0.717) is 18.5 Å². The van der Waals surface area contributed by atoms with Gasteiger partial charge in [0.05, 0.1) is 37.3 Å². The summed E-state index contributed by atoms with van der Waals surface area (Å²) in [6, 6.07) is 6.07. The Hall–Kier alpha value is -3.24. The molecule has 1 aliphatic heterocycles. The van der Waals surface area contributed by atoms with Gasteiger partial charge in [0.15, 0.2) is 0 Å². The van der Waals surface area contributed by atoms with Crippen LogP contribution in [-0.4, -0.2) is 111 Å². The maximum absolute atomic E-state index is 14.2. The minimum atomic E-state index is -0.796. The van der Waals surface area contributed by atoms with Gasteiger partial charge in [0.2, 0.25) is 17.7 Å². The van der Waals surface area contributed by atoms with E-state index in [-0.39, 0.29) is 35.7 Å². The number of ether oxygens (including phenoxy) is 2. The Kier molecular flexibility index (Phi) is 14.7. The van der Waals surface area contributed by atoms with Crippen LogP contribution in [0.1, 0.15) is 72.4 Å². The molecule has 10 nitrogen and oxygen atoms in total. The number of benzene rings is 1. The molecule has 0 spiro atoms. The van der Waals surface area contributed by atoms with Crippen molar-refractivity contribution >= 4 is 23.7 Å². The molecule has 0 radical (unpaired) electrons. The second-order valence-electron chi connectivity index (χ2n) is 14.7. The fourth-order valence-electron chi connectivity index (χ4n) is 6.50. The monoisotopic (exact) mass is 656 g/mol. The highest BCUT2D eigenvalue weighted by atomic mass is 16.5. The first-order valence-corrected chi connectivity index (χ1v) is 16.7. The Labute approximate surface area is 283 Å². The zero-order valence-electron chi connectivity index (χ0n) is 31.0. The highest BCUT2D eigenvalue weighted by Gasteiger charge is 2.41. The lowest BCUT2D eigenvalue weighted by Crippen LogP contribution is -2.59. The third-order valence-corrected chi connectivity index (χ3v) is 9.51.